The van der Waals surface area contributed by atoms with E-state index < -0.39 is 21.6 Å². The third kappa shape index (κ3) is 5.64. The van der Waals surface area contributed by atoms with Crippen LogP contribution in [0.2, 0.25) is 0 Å². The number of nitrogens with one attached hydrogen (secondary N) is 1. The fourth-order valence-electron chi connectivity index (χ4n) is 5.45. The minimum atomic E-state index is -3.77. The molecule has 0 aliphatic heterocycles. The Labute approximate surface area is 229 Å². The van der Waals surface area contributed by atoms with E-state index in [1.165, 1.54) is 17.7 Å². The molecule has 0 radical (unpaired) electrons. The largest absolute Gasteiger partial charge is 0.507 e. The summed E-state index contributed by atoms with van der Waals surface area (Å²) < 4.78 is 34.3. The molecular formula is C32H33NO5S. The third-order valence-corrected chi connectivity index (χ3v) is 8.90. The second-order valence-corrected chi connectivity index (χ2v) is 11.8. The number of hydrogen-bond acceptors (Lipinski definition) is 5. The van der Waals surface area contributed by atoms with Gasteiger partial charge in [-0.1, -0.05) is 68.4 Å². The van der Waals surface area contributed by atoms with E-state index in [0.717, 1.165) is 30.4 Å². The maximum atomic E-state index is 13.5. The standard InChI is InChI=1S/C32H33NO5S/c1-3-21-11-8-9-16-27(21)26(4-2)29-20-28(34)31(32(35)38-29)30(22-17-18-22)23-12-10-13-24(19-23)33-39(36,37)25-14-6-5-7-15-25/h5-16,19-20,22,26,30,33-34H,3-4,17-18H2,1-2H3. The highest BCUT2D eigenvalue weighted by Crippen LogP contribution is 2.48. The van der Waals surface area contributed by atoms with Gasteiger partial charge >= 0.3 is 5.63 Å². The van der Waals surface area contributed by atoms with E-state index in [1.54, 1.807) is 42.5 Å². The van der Waals surface area contributed by atoms with Crippen molar-refractivity contribution >= 4 is 15.7 Å². The van der Waals surface area contributed by atoms with Crippen molar-refractivity contribution in [2.75, 3.05) is 4.72 Å². The van der Waals surface area contributed by atoms with Crippen LogP contribution in [-0.2, 0) is 16.4 Å². The van der Waals surface area contributed by atoms with Crippen molar-refractivity contribution in [1.82, 2.24) is 0 Å². The van der Waals surface area contributed by atoms with Crippen LogP contribution in [0, 0.1) is 5.92 Å². The first-order chi connectivity index (χ1) is 18.8. The van der Waals surface area contributed by atoms with Crippen molar-refractivity contribution < 1.29 is 17.9 Å². The summed E-state index contributed by atoms with van der Waals surface area (Å²) in [5.74, 6) is -0.0267. The molecule has 1 saturated carbocycles. The molecule has 39 heavy (non-hydrogen) atoms. The predicted octanol–water partition coefficient (Wildman–Crippen LogP) is 6.79. The Bertz CT molecular complexity index is 1620. The molecule has 7 heteroatoms. The van der Waals surface area contributed by atoms with Crippen LogP contribution < -0.4 is 10.3 Å². The zero-order chi connectivity index (χ0) is 27.6. The van der Waals surface area contributed by atoms with E-state index in [4.69, 9.17) is 4.42 Å². The lowest BCUT2D eigenvalue weighted by atomic mass is 9.85. The molecular weight excluding hydrogens is 510 g/mol. The van der Waals surface area contributed by atoms with Gasteiger partial charge in [-0.2, -0.15) is 0 Å². The van der Waals surface area contributed by atoms with Crippen LogP contribution in [0.25, 0.3) is 0 Å². The van der Waals surface area contributed by atoms with Gasteiger partial charge in [0.05, 0.1) is 10.5 Å². The number of rotatable bonds is 10. The maximum Gasteiger partial charge on any atom is 0.343 e. The lowest BCUT2D eigenvalue weighted by Gasteiger charge is -2.21. The SMILES string of the molecule is CCc1ccccc1C(CC)c1cc(O)c(C(c2cccc(NS(=O)(=O)c3ccccc3)c2)C2CC2)c(=O)o1. The summed E-state index contributed by atoms with van der Waals surface area (Å²) in [5, 5.41) is 11.2. The van der Waals surface area contributed by atoms with Gasteiger partial charge in [0, 0.05) is 23.6 Å². The molecule has 1 aliphatic rings. The molecule has 1 fully saturated rings. The average molecular weight is 544 g/mol. The molecule has 3 aromatic carbocycles. The normalized spacial score (nSPS) is 15.0. The third-order valence-electron chi connectivity index (χ3n) is 7.50. The van der Waals surface area contributed by atoms with E-state index in [9.17, 15) is 18.3 Å². The monoisotopic (exact) mass is 543 g/mol. The van der Waals surface area contributed by atoms with Gasteiger partial charge < -0.3 is 9.52 Å². The van der Waals surface area contributed by atoms with Gasteiger partial charge in [-0.15, -0.1) is 0 Å². The number of benzene rings is 3. The summed E-state index contributed by atoms with van der Waals surface area (Å²) in [4.78, 5) is 13.6. The number of sulfonamides is 1. The molecule has 4 aromatic rings. The fourth-order valence-corrected chi connectivity index (χ4v) is 6.52. The second kappa shape index (κ2) is 11.1. The molecule has 0 bridgehead atoms. The Hall–Kier alpha value is -3.84. The molecule has 2 atom stereocenters. The highest BCUT2D eigenvalue weighted by molar-refractivity contribution is 7.92. The molecule has 0 amide bonds. The summed E-state index contributed by atoms with van der Waals surface area (Å²) >= 11 is 0. The van der Waals surface area contributed by atoms with Crippen LogP contribution in [0.15, 0.2) is 99.0 Å². The van der Waals surface area contributed by atoms with Crippen molar-refractivity contribution in [1.29, 1.82) is 0 Å². The second-order valence-electron chi connectivity index (χ2n) is 10.1. The number of hydrogen-bond donors (Lipinski definition) is 2. The number of anilines is 1. The topological polar surface area (TPSA) is 96.6 Å². The Balaban J connectivity index is 1.51. The van der Waals surface area contributed by atoms with Crippen molar-refractivity contribution in [3.05, 3.63) is 123 Å². The summed E-state index contributed by atoms with van der Waals surface area (Å²) in [7, 11) is -3.77. The molecule has 2 unspecified atom stereocenters. The quantitative estimate of drug-likeness (QED) is 0.229. The predicted molar refractivity (Wildman–Crippen MR) is 153 cm³/mol. The molecule has 1 aromatic heterocycles. The minimum absolute atomic E-state index is 0.0825. The minimum Gasteiger partial charge on any atom is -0.507 e. The van der Waals surface area contributed by atoms with E-state index in [2.05, 4.69) is 17.7 Å². The van der Waals surface area contributed by atoms with E-state index >= 15 is 0 Å². The summed E-state index contributed by atoms with van der Waals surface area (Å²) in [5.41, 5.74) is 3.10. The molecule has 5 rings (SSSR count). The highest BCUT2D eigenvalue weighted by Gasteiger charge is 2.38. The first-order valence-corrected chi connectivity index (χ1v) is 14.9. The fraction of sp³-hybridized carbons (Fsp3) is 0.281. The van der Waals surface area contributed by atoms with Crippen LogP contribution >= 0.6 is 0 Å². The summed E-state index contributed by atoms with van der Waals surface area (Å²) in [6.45, 7) is 4.13. The first kappa shape index (κ1) is 26.8. The van der Waals surface area contributed by atoms with Crippen LogP contribution in [0.1, 0.15) is 73.0 Å². The van der Waals surface area contributed by atoms with Gasteiger partial charge in [-0.25, -0.2) is 13.2 Å². The van der Waals surface area contributed by atoms with Crippen LogP contribution in [-0.4, -0.2) is 13.5 Å². The lowest BCUT2D eigenvalue weighted by Crippen LogP contribution is -2.18. The van der Waals surface area contributed by atoms with Crippen molar-refractivity contribution in [3.8, 4) is 5.75 Å². The molecule has 202 valence electrons. The van der Waals surface area contributed by atoms with Gasteiger partial charge in [0.25, 0.3) is 10.0 Å². The summed E-state index contributed by atoms with van der Waals surface area (Å²) in [6, 6.07) is 24.9. The van der Waals surface area contributed by atoms with E-state index in [0.29, 0.717) is 17.9 Å². The molecule has 6 nitrogen and oxygen atoms in total. The average Bonchev–Trinajstić information content (AvgIpc) is 3.77. The highest BCUT2D eigenvalue weighted by atomic mass is 32.2. The Morgan fingerprint density at radius 2 is 1.67 bits per heavy atom. The zero-order valence-electron chi connectivity index (χ0n) is 22.1. The van der Waals surface area contributed by atoms with Crippen molar-refractivity contribution in [3.63, 3.8) is 0 Å². The molecule has 0 spiro atoms. The lowest BCUT2D eigenvalue weighted by molar-refractivity contribution is 0.392. The van der Waals surface area contributed by atoms with E-state index in [1.807, 2.05) is 31.2 Å². The van der Waals surface area contributed by atoms with Crippen molar-refractivity contribution in [2.45, 2.75) is 56.3 Å². The number of aromatic hydroxyl groups is 1. The van der Waals surface area contributed by atoms with Crippen LogP contribution in [0.5, 0.6) is 5.75 Å². The van der Waals surface area contributed by atoms with Gasteiger partial charge in [0.2, 0.25) is 0 Å². The molecule has 1 aliphatic carbocycles. The van der Waals surface area contributed by atoms with E-state index in [-0.39, 0.29) is 28.0 Å². The van der Waals surface area contributed by atoms with Crippen molar-refractivity contribution in [2.24, 2.45) is 5.92 Å². The maximum absolute atomic E-state index is 13.5. The van der Waals surface area contributed by atoms with Gasteiger partial charge in [-0.3, -0.25) is 4.72 Å². The van der Waals surface area contributed by atoms with Gasteiger partial charge in [-0.05, 0) is 72.6 Å². The Morgan fingerprint density at radius 3 is 2.33 bits per heavy atom. The van der Waals surface area contributed by atoms with Gasteiger partial charge in [0.1, 0.15) is 11.5 Å². The van der Waals surface area contributed by atoms with Gasteiger partial charge in [0.15, 0.2) is 0 Å². The molecule has 2 N–H and O–H groups in total. The smallest absolute Gasteiger partial charge is 0.343 e. The first-order valence-electron chi connectivity index (χ1n) is 13.4. The zero-order valence-corrected chi connectivity index (χ0v) is 22.9. The van der Waals surface area contributed by atoms with Crippen LogP contribution in [0.4, 0.5) is 5.69 Å². The Morgan fingerprint density at radius 1 is 0.949 bits per heavy atom. The molecule has 1 heterocycles. The Kier molecular flexibility index (Phi) is 7.62. The van der Waals surface area contributed by atoms with Crippen LogP contribution in [0.3, 0.4) is 0 Å². The summed E-state index contributed by atoms with van der Waals surface area (Å²) in [6.07, 6.45) is 3.39. The number of aryl methyl sites for hydroxylation is 1. The molecule has 0 saturated heterocycles.